The van der Waals surface area contributed by atoms with Crippen molar-refractivity contribution in [2.45, 2.75) is 24.3 Å². The minimum Gasteiger partial charge on any atom is -0.313 e. The van der Waals surface area contributed by atoms with E-state index in [0.717, 1.165) is 5.56 Å². The Labute approximate surface area is 123 Å². The van der Waals surface area contributed by atoms with Gasteiger partial charge in [0, 0.05) is 35.4 Å². The first-order valence-corrected chi connectivity index (χ1v) is 9.65. The fourth-order valence-electron chi connectivity index (χ4n) is 1.68. The zero-order valence-corrected chi connectivity index (χ0v) is 13.7. The van der Waals surface area contributed by atoms with Gasteiger partial charge in [0.1, 0.15) is 0 Å². The summed E-state index contributed by atoms with van der Waals surface area (Å²) in [6.45, 7) is 2.27. The third kappa shape index (κ3) is 5.32. The second-order valence-electron chi connectivity index (χ2n) is 4.61. The van der Waals surface area contributed by atoms with Crippen molar-refractivity contribution in [2.75, 3.05) is 25.6 Å². The minimum atomic E-state index is -3.50. The molecule has 5 nitrogen and oxygen atoms in total. The molecule has 0 radical (unpaired) electrons. The molecule has 2 unspecified atom stereocenters. The maximum Gasteiger partial charge on any atom is 0.240 e. The maximum absolute atomic E-state index is 12.1. The summed E-state index contributed by atoms with van der Waals surface area (Å²) in [6.07, 6.45) is 2.17. The lowest BCUT2D eigenvalue weighted by molar-refractivity contribution is 0.580. The number of rotatable bonds is 8. The fourth-order valence-corrected chi connectivity index (χ4v) is 3.36. The van der Waals surface area contributed by atoms with Crippen molar-refractivity contribution in [1.29, 1.82) is 0 Å². The van der Waals surface area contributed by atoms with Crippen molar-refractivity contribution in [2.24, 2.45) is 0 Å². The van der Waals surface area contributed by atoms with E-state index in [9.17, 15) is 12.6 Å². The highest BCUT2D eigenvalue weighted by molar-refractivity contribution is 7.89. The third-order valence-corrected chi connectivity index (χ3v) is 5.32. The SMILES string of the molecule is CNC(C)c1cccc(S(=O)(=O)NCCCS(C)=O)c1. The number of benzene rings is 1. The van der Waals surface area contributed by atoms with E-state index in [4.69, 9.17) is 0 Å². The van der Waals surface area contributed by atoms with Gasteiger partial charge in [0.05, 0.1) is 4.90 Å². The molecule has 0 aromatic heterocycles. The Balaban J connectivity index is 2.74. The number of nitrogens with one attached hydrogen (secondary N) is 2. The Morgan fingerprint density at radius 2 is 2.05 bits per heavy atom. The van der Waals surface area contributed by atoms with Crippen LogP contribution in [0.25, 0.3) is 0 Å². The summed E-state index contributed by atoms with van der Waals surface area (Å²) in [5, 5.41) is 3.08. The Hall–Kier alpha value is -0.760. The summed E-state index contributed by atoms with van der Waals surface area (Å²) in [5.41, 5.74) is 0.921. The fraction of sp³-hybridized carbons (Fsp3) is 0.538. The maximum atomic E-state index is 12.1. The number of hydrogen-bond acceptors (Lipinski definition) is 4. The van der Waals surface area contributed by atoms with Crippen LogP contribution in [0.3, 0.4) is 0 Å². The quantitative estimate of drug-likeness (QED) is 0.702. The molecule has 1 rings (SSSR count). The number of sulfonamides is 1. The lowest BCUT2D eigenvalue weighted by Crippen LogP contribution is -2.26. The molecular formula is C13H22N2O3S2. The molecule has 7 heteroatoms. The molecule has 0 heterocycles. The van der Waals surface area contributed by atoms with Crippen molar-refractivity contribution in [3.63, 3.8) is 0 Å². The van der Waals surface area contributed by atoms with Gasteiger partial charge in [-0.05, 0) is 38.1 Å². The standard InChI is InChI=1S/C13H22N2O3S2/c1-11(14-2)12-6-4-7-13(10-12)20(17,18)15-8-5-9-19(3)16/h4,6-7,10-11,14-15H,5,8-9H2,1-3H3. The lowest BCUT2D eigenvalue weighted by Gasteiger charge is -2.12. The second kappa shape index (κ2) is 7.87. The first-order valence-electron chi connectivity index (χ1n) is 6.43. The summed E-state index contributed by atoms with van der Waals surface area (Å²) in [6, 6.07) is 6.96. The van der Waals surface area contributed by atoms with Crippen molar-refractivity contribution in [3.8, 4) is 0 Å². The van der Waals surface area contributed by atoms with Crippen LogP contribution in [0.2, 0.25) is 0 Å². The Morgan fingerprint density at radius 1 is 1.35 bits per heavy atom. The van der Waals surface area contributed by atoms with Crippen LogP contribution in [-0.2, 0) is 20.8 Å². The van der Waals surface area contributed by atoms with Crippen LogP contribution >= 0.6 is 0 Å². The van der Waals surface area contributed by atoms with Crippen LogP contribution in [0, 0.1) is 0 Å². The summed E-state index contributed by atoms with van der Waals surface area (Å²) in [5.74, 6) is 0.499. The topological polar surface area (TPSA) is 75.3 Å². The zero-order chi connectivity index (χ0) is 15.2. The van der Waals surface area contributed by atoms with Gasteiger partial charge in [-0.25, -0.2) is 13.1 Å². The van der Waals surface area contributed by atoms with Gasteiger partial charge in [0.2, 0.25) is 10.0 Å². The number of hydrogen-bond donors (Lipinski definition) is 2. The Morgan fingerprint density at radius 3 is 2.65 bits per heavy atom. The summed E-state index contributed by atoms with van der Waals surface area (Å²) >= 11 is 0. The molecule has 0 saturated carbocycles. The van der Waals surface area contributed by atoms with Crippen LogP contribution in [0.1, 0.15) is 24.9 Å². The highest BCUT2D eigenvalue weighted by Crippen LogP contribution is 2.17. The van der Waals surface area contributed by atoms with Gasteiger partial charge >= 0.3 is 0 Å². The molecular weight excluding hydrogens is 296 g/mol. The van der Waals surface area contributed by atoms with Gasteiger partial charge in [-0.1, -0.05) is 12.1 Å². The predicted octanol–water partition coefficient (Wildman–Crippen LogP) is 1.01. The molecule has 1 aromatic rings. The molecule has 0 amide bonds. The highest BCUT2D eigenvalue weighted by Gasteiger charge is 2.14. The largest absolute Gasteiger partial charge is 0.313 e. The molecule has 2 N–H and O–H groups in total. The highest BCUT2D eigenvalue weighted by atomic mass is 32.2. The van der Waals surface area contributed by atoms with Gasteiger partial charge in [-0.15, -0.1) is 0 Å². The molecule has 0 saturated heterocycles. The van der Waals surface area contributed by atoms with E-state index < -0.39 is 20.8 Å². The van der Waals surface area contributed by atoms with E-state index in [1.807, 2.05) is 20.0 Å². The van der Waals surface area contributed by atoms with Crippen LogP contribution < -0.4 is 10.0 Å². The Bertz CT molecular complexity index is 558. The Kier molecular flexibility index (Phi) is 6.81. The monoisotopic (exact) mass is 318 g/mol. The lowest BCUT2D eigenvalue weighted by atomic mass is 10.1. The molecule has 114 valence electrons. The minimum absolute atomic E-state index is 0.0904. The smallest absolute Gasteiger partial charge is 0.240 e. The van der Waals surface area contributed by atoms with Gasteiger partial charge in [0.25, 0.3) is 0 Å². The van der Waals surface area contributed by atoms with Crippen molar-refractivity contribution in [1.82, 2.24) is 10.0 Å². The zero-order valence-electron chi connectivity index (χ0n) is 12.0. The molecule has 0 spiro atoms. The van der Waals surface area contributed by atoms with E-state index in [1.165, 1.54) is 0 Å². The molecule has 0 aliphatic heterocycles. The summed E-state index contributed by atoms with van der Waals surface area (Å²) < 4.78 is 37.7. The van der Waals surface area contributed by atoms with Crippen LogP contribution in [0.15, 0.2) is 29.2 Å². The molecule has 0 aliphatic carbocycles. The first-order chi connectivity index (χ1) is 9.36. The molecule has 0 bridgehead atoms. The van der Waals surface area contributed by atoms with Crippen molar-refractivity contribution in [3.05, 3.63) is 29.8 Å². The molecule has 0 aliphatic rings. The van der Waals surface area contributed by atoms with Crippen LogP contribution in [0.5, 0.6) is 0 Å². The van der Waals surface area contributed by atoms with E-state index >= 15 is 0 Å². The van der Waals surface area contributed by atoms with Crippen LogP contribution in [0.4, 0.5) is 0 Å². The van der Waals surface area contributed by atoms with Crippen molar-refractivity contribution >= 4 is 20.8 Å². The average Bonchev–Trinajstić information content (AvgIpc) is 2.42. The van der Waals surface area contributed by atoms with Gasteiger partial charge in [0.15, 0.2) is 0 Å². The van der Waals surface area contributed by atoms with E-state index in [2.05, 4.69) is 10.0 Å². The van der Waals surface area contributed by atoms with E-state index in [0.29, 0.717) is 18.7 Å². The van der Waals surface area contributed by atoms with E-state index in [-0.39, 0.29) is 10.9 Å². The molecule has 0 fully saturated rings. The molecule has 20 heavy (non-hydrogen) atoms. The van der Waals surface area contributed by atoms with Gasteiger partial charge in [-0.2, -0.15) is 0 Å². The third-order valence-electron chi connectivity index (χ3n) is 3.00. The van der Waals surface area contributed by atoms with Gasteiger partial charge < -0.3 is 5.32 Å². The molecule has 2 atom stereocenters. The predicted molar refractivity (Wildman–Crippen MR) is 82.7 cm³/mol. The van der Waals surface area contributed by atoms with Crippen LogP contribution in [-0.4, -0.2) is 38.2 Å². The molecule has 1 aromatic carbocycles. The normalized spacial score (nSPS) is 14.9. The van der Waals surface area contributed by atoms with Gasteiger partial charge in [-0.3, -0.25) is 4.21 Å². The van der Waals surface area contributed by atoms with Crippen molar-refractivity contribution < 1.29 is 12.6 Å². The average molecular weight is 318 g/mol. The first kappa shape index (κ1) is 17.3. The summed E-state index contributed by atoms with van der Waals surface area (Å²) in [4.78, 5) is 0.259. The van der Waals surface area contributed by atoms with E-state index in [1.54, 1.807) is 24.5 Å². The second-order valence-corrected chi connectivity index (χ2v) is 7.93. The summed E-state index contributed by atoms with van der Waals surface area (Å²) in [7, 11) is -2.56.